The van der Waals surface area contributed by atoms with Crippen molar-refractivity contribution in [3.05, 3.63) is 12.7 Å². The molecule has 1 atom stereocenters. The van der Waals surface area contributed by atoms with E-state index in [1.165, 1.54) is 11.0 Å². The molecular weight excluding hydrogens is 244 g/mol. The minimum atomic E-state index is -0.210. The van der Waals surface area contributed by atoms with Gasteiger partial charge in [-0.3, -0.25) is 9.59 Å². The van der Waals surface area contributed by atoms with Gasteiger partial charge in [-0.1, -0.05) is 6.58 Å². The molecule has 0 bridgehead atoms. The van der Waals surface area contributed by atoms with Gasteiger partial charge in [-0.15, -0.1) is 0 Å². The van der Waals surface area contributed by atoms with Crippen molar-refractivity contribution in [2.45, 2.75) is 32.3 Å². The van der Waals surface area contributed by atoms with Gasteiger partial charge in [-0.2, -0.15) is 0 Å². The van der Waals surface area contributed by atoms with Gasteiger partial charge < -0.3 is 14.5 Å². The van der Waals surface area contributed by atoms with Gasteiger partial charge in [0.1, 0.15) is 0 Å². The van der Waals surface area contributed by atoms with Crippen LogP contribution in [0.4, 0.5) is 0 Å². The summed E-state index contributed by atoms with van der Waals surface area (Å²) in [4.78, 5) is 26.7. The van der Waals surface area contributed by atoms with Crippen LogP contribution in [0.25, 0.3) is 0 Å². The van der Waals surface area contributed by atoms with Gasteiger partial charge in [0.05, 0.1) is 12.6 Å². The summed E-state index contributed by atoms with van der Waals surface area (Å²) in [5.74, 6) is -0.274. The van der Waals surface area contributed by atoms with Crippen molar-refractivity contribution in [2.75, 3.05) is 33.3 Å². The van der Waals surface area contributed by atoms with E-state index in [4.69, 9.17) is 4.74 Å². The number of nitrogens with zero attached hydrogens (tertiary/aromatic N) is 2. The molecule has 1 aliphatic rings. The van der Waals surface area contributed by atoms with Crippen LogP contribution in [-0.4, -0.2) is 61.0 Å². The lowest BCUT2D eigenvalue weighted by Crippen LogP contribution is -2.44. The second kappa shape index (κ2) is 7.94. The van der Waals surface area contributed by atoms with E-state index in [-0.39, 0.29) is 24.5 Å². The molecule has 19 heavy (non-hydrogen) atoms. The van der Waals surface area contributed by atoms with E-state index in [2.05, 4.69) is 6.58 Å². The first kappa shape index (κ1) is 15.7. The fourth-order valence-electron chi connectivity index (χ4n) is 2.12. The smallest absolute Gasteiger partial charge is 0.246 e. The molecule has 0 saturated carbocycles. The largest absolute Gasteiger partial charge is 0.376 e. The Hall–Kier alpha value is -1.36. The highest BCUT2D eigenvalue weighted by molar-refractivity contribution is 5.90. The SMILES string of the molecule is C=CC(=O)N(CC)CC(=O)N(C)CC1CCCCO1. The molecule has 0 aromatic heterocycles. The van der Waals surface area contributed by atoms with Gasteiger partial charge >= 0.3 is 0 Å². The van der Waals surface area contributed by atoms with Crippen molar-refractivity contribution in [1.29, 1.82) is 0 Å². The predicted octanol–water partition coefficient (Wildman–Crippen LogP) is 1.05. The second-order valence-corrected chi connectivity index (χ2v) is 4.82. The standard InChI is InChI=1S/C14H24N2O3/c1-4-13(17)16(5-2)11-14(18)15(3)10-12-8-6-7-9-19-12/h4,12H,1,5-11H2,2-3H3. The number of rotatable bonds is 6. The summed E-state index contributed by atoms with van der Waals surface area (Å²) >= 11 is 0. The Morgan fingerprint density at radius 1 is 1.42 bits per heavy atom. The van der Waals surface area contributed by atoms with Crippen molar-refractivity contribution in [3.63, 3.8) is 0 Å². The minimum Gasteiger partial charge on any atom is -0.376 e. The Morgan fingerprint density at radius 2 is 2.16 bits per heavy atom. The van der Waals surface area contributed by atoms with Crippen LogP contribution in [0, 0.1) is 0 Å². The van der Waals surface area contributed by atoms with Crippen LogP contribution in [-0.2, 0) is 14.3 Å². The van der Waals surface area contributed by atoms with Crippen LogP contribution in [0.2, 0.25) is 0 Å². The van der Waals surface area contributed by atoms with E-state index in [9.17, 15) is 9.59 Å². The molecule has 5 heteroatoms. The molecule has 2 amide bonds. The van der Waals surface area contributed by atoms with E-state index in [0.29, 0.717) is 13.1 Å². The quantitative estimate of drug-likeness (QED) is 0.677. The normalized spacial score (nSPS) is 18.7. The topological polar surface area (TPSA) is 49.9 Å². The van der Waals surface area contributed by atoms with Crippen LogP contribution in [0.3, 0.4) is 0 Å². The zero-order valence-corrected chi connectivity index (χ0v) is 11.9. The number of carbonyl (C=O) groups excluding carboxylic acids is 2. The number of likely N-dealkylation sites (N-methyl/N-ethyl adjacent to an activating group) is 2. The van der Waals surface area contributed by atoms with E-state index in [1.807, 2.05) is 6.92 Å². The Morgan fingerprint density at radius 3 is 2.68 bits per heavy atom. The molecule has 1 saturated heterocycles. The summed E-state index contributed by atoms with van der Waals surface area (Å²) in [7, 11) is 1.76. The average molecular weight is 268 g/mol. The molecule has 0 radical (unpaired) electrons. The first-order chi connectivity index (χ1) is 9.08. The third-order valence-corrected chi connectivity index (χ3v) is 3.37. The first-order valence-electron chi connectivity index (χ1n) is 6.85. The maximum Gasteiger partial charge on any atom is 0.246 e. The number of hydrogen-bond donors (Lipinski definition) is 0. The lowest BCUT2D eigenvalue weighted by molar-refractivity contribution is -0.138. The van der Waals surface area contributed by atoms with Gasteiger partial charge in [0.2, 0.25) is 11.8 Å². The summed E-state index contributed by atoms with van der Waals surface area (Å²) < 4.78 is 5.61. The number of ether oxygens (including phenoxy) is 1. The predicted molar refractivity (Wildman–Crippen MR) is 73.7 cm³/mol. The van der Waals surface area contributed by atoms with Crippen LogP contribution < -0.4 is 0 Å². The molecule has 1 rings (SSSR count). The second-order valence-electron chi connectivity index (χ2n) is 4.82. The minimum absolute atomic E-state index is 0.0637. The fourth-order valence-corrected chi connectivity index (χ4v) is 2.12. The maximum absolute atomic E-state index is 12.0. The molecule has 1 aliphatic heterocycles. The van der Waals surface area contributed by atoms with Gasteiger partial charge in [-0.25, -0.2) is 0 Å². The summed E-state index contributed by atoms with van der Waals surface area (Å²) in [6, 6.07) is 0. The van der Waals surface area contributed by atoms with Gasteiger partial charge in [0, 0.05) is 26.7 Å². The molecular formula is C14H24N2O3. The van der Waals surface area contributed by atoms with Gasteiger partial charge in [0.25, 0.3) is 0 Å². The van der Waals surface area contributed by atoms with E-state index in [0.717, 1.165) is 25.9 Å². The molecule has 5 nitrogen and oxygen atoms in total. The molecule has 0 spiro atoms. The monoisotopic (exact) mass is 268 g/mol. The van der Waals surface area contributed by atoms with Crippen molar-refractivity contribution in [2.24, 2.45) is 0 Å². The van der Waals surface area contributed by atoms with E-state index >= 15 is 0 Å². The Labute approximate surface area is 115 Å². The lowest BCUT2D eigenvalue weighted by Gasteiger charge is -2.29. The van der Waals surface area contributed by atoms with Crippen molar-refractivity contribution < 1.29 is 14.3 Å². The molecule has 108 valence electrons. The summed E-state index contributed by atoms with van der Waals surface area (Å²) in [6.07, 6.45) is 4.63. The average Bonchev–Trinajstić information content (AvgIpc) is 2.44. The summed E-state index contributed by atoms with van der Waals surface area (Å²) in [5, 5.41) is 0. The van der Waals surface area contributed by atoms with Crippen molar-refractivity contribution in [1.82, 2.24) is 9.80 Å². The van der Waals surface area contributed by atoms with E-state index in [1.54, 1.807) is 11.9 Å². The third kappa shape index (κ3) is 5.03. The molecule has 0 N–H and O–H groups in total. The van der Waals surface area contributed by atoms with Crippen molar-refractivity contribution >= 4 is 11.8 Å². The molecule has 0 aliphatic carbocycles. The maximum atomic E-state index is 12.0. The lowest BCUT2D eigenvalue weighted by atomic mass is 10.1. The summed E-state index contributed by atoms with van der Waals surface area (Å²) in [6.45, 7) is 7.27. The molecule has 0 aromatic carbocycles. The highest BCUT2D eigenvalue weighted by atomic mass is 16.5. The zero-order valence-electron chi connectivity index (χ0n) is 11.9. The molecule has 1 heterocycles. The highest BCUT2D eigenvalue weighted by Gasteiger charge is 2.21. The Balaban J connectivity index is 2.42. The third-order valence-electron chi connectivity index (χ3n) is 3.37. The molecule has 0 aromatic rings. The Kier molecular flexibility index (Phi) is 6.56. The Bertz CT molecular complexity index is 325. The van der Waals surface area contributed by atoms with E-state index < -0.39 is 0 Å². The first-order valence-corrected chi connectivity index (χ1v) is 6.85. The number of carbonyl (C=O) groups is 2. The van der Waals surface area contributed by atoms with Crippen LogP contribution in [0.5, 0.6) is 0 Å². The number of amides is 2. The zero-order chi connectivity index (χ0) is 14.3. The summed E-state index contributed by atoms with van der Waals surface area (Å²) in [5.41, 5.74) is 0. The highest BCUT2D eigenvalue weighted by Crippen LogP contribution is 2.13. The van der Waals surface area contributed by atoms with Gasteiger partial charge in [-0.05, 0) is 32.3 Å². The number of hydrogen-bond acceptors (Lipinski definition) is 3. The van der Waals surface area contributed by atoms with Crippen LogP contribution >= 0.6 is 0 Å². The fraction of sp³-hybridized carbons (Fsp3) is 0.714. The van der Waals surface area contributed by atoms with Crippen LogP contribution in [0.1, 0.15) is 26.2 Å². The van der Waals surface area contributed by atoms with Gasteiger partial charge in [0.15, 0.2) is 0 Å². The molecule has 1 unspecified atom stereocenters. The molecule has 1 fully saturated rings. The van der Waals surface area contributed by atoms with Crippen LogP contribution in [0.15, 0.2) is 12.7 Å². The van der Waals surface area contributed by atoms with Crippen molar-refractivity contribution in [3.8, 4) is 0 Å².